The highest BCUT2D eigenvalue weighted by molar-refractivity contribution is 5.89. The number of pyridine rings is 1. The van der Waals surface area contributed by atoms with E-state index in [1.54, 1.807) is 17.3 Å². The first kappa shape index (κ1) is 18.2. The lowest BCUT2D eigenvalue weighted by Gasteiger charge is -2.16. The number of rotatable bonds is 7. The fraction of sp³-hybridized carbons (Fsp3) is 0.333. The van der Waals surface area contributed by atoms with E-state index in [-0.39, 0.29) is 24.2 Å². The second kappa shape index (κ2) is 8.21. The molecule has 1 fully saturated rings. The van der Waals surface area contributed by atoms with Gasteiger partial charge >= 0.3 is 0 Å². The number of benzene rings is 1. The van der Waals surface area contributed by atoms with Gasteiger partial charge in [0.1, 0.15) is 5.82 Å². The van der Waals surface area contributed by atoms with E-state index in [0.29, 0.717) is 19.6 Å². The van der Waals surface area contributed by atoms with Crippen molar-refractivity contribution in [2.45, 2.75) is 25.8 Å². The van der Waals surface area contributed by atoms with Gasteiger partial charge in [0.25, 0.3) is 0 Å². The summed E-state index contributed by atoms with van der Waals surface area (Å²) < 4.78 is 0. The molecular formula is C21H23N5O2. The average molecular weight is 377 g/mol. The molecule has 1 aliphatic rings. The molecule has 0 spiro atoms. The first-order chi connectivity index (χ1) is 13.7. The summed E-state index contributed by atoms with van der Waals surface area (Å²) in [6.45, 7) is 1.54. The van der Waals surface area contributed by atoms with Crippen molar-refractivity contribution in [2.24, 2.45) is 5.92 Å². The molecule has 28 heavy (non-hydrogen) atoms. The van der Waals surface area contributed by atoms with E-state index in [4.69, 9.17) is 0 Å². The molecule has 1 unspecified atom stereocenters. The number of hydrogen-bond acceptors (Lipinski definition) is 4. The summed E-state index contributed by atoms with van der Waals surface area (Å²) in [6.07, 6.45) is 5.29. The zero-order valence-corrected chi connectivity index (χ0v) is 15.6. The summed E-state index contributed by atoms with van der Waals surface area (Å²) in [5.74, 6) is 0.613. The molecule has 0 radical (unpaired) electrons. The van der Waals surface area contributed by atoms with E-state index >= 15 is 0 Å². The summed E-state index contributed by atoms with van der Waals surface area (Å²) in [6, 6.07) is 11.7. The Morgan fingerprint density at radius 2 is 2.14 bits per heavy atom. The maximum atomic E-state index is 12.4. The van der Waals surface area contributed by atoms with Crippen LogP contribution in [0.1, 0.15) is 24.2 Å². The van der Waals surface area contributed by atoms with E-state index in [0.717, 1.165) is 35.3 Å². The quantitative estimate of drug-likeness (QED) is 0.617. The third-order valence-corrected chi connectivity index (χ3v) is 5.01. The van der Waals surface area contributed by atoms with Gasteiger partial charge in [-0.15, -0.1) is 0 Å². The molecule has 2 N–H and O–H groups in total. The van der Waals surface area contributed by atoms with Crippen LogP contribution in [0.2, 0.25) is 0 Å². The number of nitrogens with zero attached hydrogens (tertiary/aromatic N) is 3. The Labute approximate surface area is 163 Å². The lowest BCUT2D eigenvalue weighted by molar-refractivity contribution is -0.129. The zero-order chi connectivity index (χ0) is 19.3. The highest BCUT2D eigenvalue weighted by Gasteiger charge is 2.34. The molecule has 1 atom stereocenters. The minimum atomic E-state index is -0.282. The van der Waals surface area contributed by atoms with Crippen LogP contribution in [0.4, 0.5) is 0 Å². The summed E-state index contributed by atoms with van der Waals surface area (Å²) in [7, 11) is 0. The van der Waals surface area contributed by atoms with E-state index < -0.39 is 0 Å². The molecule has 3 aromatic rings. The van der Waals surface area contributed by atoms with Crippen molar-refractivity contribution in [3.05, 3.63) is 60.2 Å². The Hall–Kier alpha value is -3.22. The molecule has 0 bridgehead atoms. The van der Waals surface area contributed by atoms with Crippen LogP contribution in [0.25, 0.3) is 11.0 Å². The number of amides is 2. The van der Waals surface area contributed by atoms with Crippen molar-refractivity contribution in [3.63, 3.8) is 0 Å². The number of H-pyrrole nitrogens is 1. The standard InChI is InChI=1S/C21H23N5O2/c27-20-11-16(14-26(20)13-15-5-3-9-22-12-15)21(28)23-10-4-8-19-24-17-6-1-2-7-18(17)25-19/h1-3,5-7,9,12,16H,4,8,10-11,13-14H2,(H,23,28)(H,24,25). The number of fused-ring (bicyclic) bond motifs is 1. The molecule has 0 saturated carbocycles. The van der Waals surface area contributed by atoms with Gasteiger partial charge in [-0.25, -0.2) is 4.98 Å². The minimum absolute atomic E-state index is 0.0197. The monoisotopic (exact) mass is 377 g/mol. The van der Waals surface area contributed by atoms with E-state index in [2.05, 4.69) is 20.3 Å². The zero-order valence-electron chi connectivity index (χ0n) is 15.6. The van der Waals surface area contributed by atoms with Crippen molar-refractivity contribution < 1.29 is 9.59 Å². The number of carbonyl (C=O) groups excluding carboxylic acids is 2. The Morgan fingerprint density at radius 1 is 1.25 bits per heavy atom. The molecule has 1 aromatic carbocycles. The Kier molecular flexibility index (Phi) is 5.32. The van der Waals surface area contributed by atoms with Crippen molar-refractivity contribution >= 4 is 22.8 Å². The molecule has 3 heterocycles. The fourth-order valence-corrected chi connectivity index (χ4v) is 3.55. The summed E-state index contributed by atoms with van der Waals surface area (Å²) in [5, 5.41) is 2.96. The van der Waals surface area contributed by atoms with E-state index in [1.807, 2.05) is 36.4 Å². The van der Waals surface area contributed by atoms with E-state index in [9.17, 15) is 9.59 Å². The van der Waals surface area contributed by atoms with Crippen LogP contribution in [-0.4, -0.2) is 44.8 Å². The predicted molar refractivity (Wildman–Crippen MR) is 105 cm³/mol. The van der Waals surface area contributed by atoms with Gasteiger partial charge in [-0.2, -0.15) is 0 Å². The van der Waals surface area contributed by atoms with Gasteiger partial charge < -0.3 is 15.2 Å². The molecule has 7 heteroatoms. The van der Waals surface area contributed by atoms with Crippen LogP contribution in [0, 0.1) is 5.92 Å². The maximum Gasteiger partial charge on any atom is 0.225 e. The minimum Gasteiger partial charge on any atom is -0.356 e. The van der Waals surface area contributed by atoms with Crippen LogP contribution >= 0.6 is 0 Å². The Bertz CT molecular complexity index is 936. The van der Waals surface area contributed by atoms with Gasteiger partial charge in [-0.3, -0.25) is 14.6 Å². The number of aromatic nitrogens is 3. The number of aryl methyl sites for hydroxylation is 1. The molecule has 0 aliphatic carbocycles. The number of imidazole rings is 1. The molecule has 1 saturated heterocycles. The van der Waals surface area contributed by atoms with Crippen molar-refractivity contribution in [2.75, 3.05) is 13.1 Å². The number of hydrogen-bond donors (Lipinski definition) is 2. The molecule has 2 amide bonds. The number of carbonyl (C=O) groups is 2. The Balaban J connectivity index is 1.22. The van der Waals surface area contributed by atoms with Crippen LogP contribution in [0.3, 0.4) is 0 Å². The molecule has 1 aliphatic heterocycles. The summed E-state index contributed by atoms with van der Waals surface area (Å²) >= 11 is 0. The first-order valence-corrected chi connectivity index (χ1v) is 9.57. The third-order valence-electron chi connectivity index (χ3n) is 5.01. The number of para-hydroxylation sites is 2. The molecule has 2 aromatic heterocycles. The normalized spacial score (nSPS) is 16.6. The molecule has 144 valence electrons. The largest absolute Gasteiger partial charge is 0.356 e. The van der Waals surface area contributed by atoms with Gasteiger partial charge in [0, 0.05) is 44.9 Å². The smallest absolute Gasteiger partial charge is 0.225 e. The first-order valence-electron chi connectivity index (χ1n) is 9.57. The van der Waals surface area contributed by atoms with Crippen LogP contribution in [-0.2, 0) is 22.6 Å². The second-order valence-electron chi connectivity index (χ2n) is 7.13. The van der Waals surface area contributed by atoms with Crippen LogP contribution < -0.4 is 5.32 Å². The number of likely N-dealkylation sites (tertiary alicyclic amines) is 1. The summed E-state index contributed by atoms with van der Waals surface area (Å²) in [5.41, 5.74) is 2.96. The molecular weight excluding hydrogens is 354 g/mol. The van der Waals surface area contributed by atoms with Crippen molar-refractivity contribution in [1.29, 1.82) is 0 Å². The SMILES string of the molecule is O=C(NCCCc1nc2ccccc2[nH]1)C1CC(=O)N(Cc2cccnc2)C1. The Morgan fingerprint density at radius 3 is 2.96 bits per heavy atom. The van der Waals surface area contributed by atoms with Gasteiger partial charge in [0.2, 0.25) is 11.8 Å². The van der Waals surface area contributed by atoms with Gasteiger partial charge in [0.15, 0.2) is 0 Å². The highest BCUT2D eigenvalue weighted by Crippen LogP contribution is 2.20. The van der Waals surface area contributed by atoms with Gasteiger partial charge in [-0.1, -0.05) is 18.2 Å². The third kappa shape index (κ3) is 4.19. The molecule has 4 rings (SSSR count). The van der Waals surface area contributed by atoms with Crippen LogP contribution in [0.15, 0.2) is 48.8 Å². The maximum absolute atomic E-state index is 12.4. The highest BCUT2D eigenvalue weighted by atomic mass is 16.2. The van der Waals surface area contributed by atoms with E-state index in [1.165, 1.54) is 0 Å². The van der Waals surface area contributed by atoms with Crippen LogP contribution in [0.5, 0.6) is 0 Å². The van der Waals surface area contributed by atoms with Crippen molar-refractivity contribution in [3.8, 4) is 0 Å². The average Bonchev–Trinajstić information content (AvgIpc) is 3.29. The number of aromatic amines is 1. The number of nitrogens with one attached hydrogen (secondary N) is 2. The van der Waals surface area contributed by atoms with Gasteiger partial charge in [0.05, 0.1) is 17.0 Å². The topological polar surface area (TPSA) is 91.0 Å². The lowest BCUT2D eigenvalue weighted by atomic mass is 10.1. The fourth-order valence-electron chi connectivity index (χ4n) is 3.55. The second-order valence-corrected chi connectivity index (χ2v) is 7.13. The summed E-state index contributed by atoms with van der Waals surface area (Å²) in [4.78, 5) is 38.3. The predicted octanol–water partition coefficient (Wildman–Crippen LogP) is 2.06. The molecule has 7 nitrogen and oxygen atoms in total. The van der Waals surface area contributed by atoms with Gasteiger partial charge in [-0.05, 0) is 30.2 Å². The lowest BCUT2D eigenvalue weighted by Crippen LogP contribution is -2.33. The van der Waals surface area contributed by atoms with Crippen molar-refractivity contribution in [1.82, 2.24) is 25.2 Å².